The standard InChI is InChI=1S/C20H23N5OS/c1-14(21)15-7-5-11-24(13-15)20(26)18-22-19(17-10-6-12-27-17)25(23-18)16-8-3-2-4-9-16/h2-4,6,8-10,12,14-15H,5,7,11,13,21H2,1H3. The zero-order valence-corrected chi connectivity index (χ0v) is 16.1. The van der Waals surface area contributed by atoms with E-state index in [-0.39, 0.29) is 17.8 Å². The molecule has 2 aromatic heterocycles. The monoisotopic (exact) mass is 381 g/mol. The summed E-state index contributed by atoms with van der Waals surface area (Å²) in [4.78, 5) is 20.5. The Balaban J connectivity index is 1.68. The number of amides is 1. The first-order valence-electron chi connectivity index (χ1n) is 9.24. The van der Waals surface area contributed by atoms with Gasteiger partial charge < -0.3 is 10.6 Å². The first-order chi connectivity index (χ1) is 13.1. The van der Waals surface area contributed by atoms with Crippen molar-refractivity contribution in [2.24, 2.45) is 11.7 Å². The first kappa shape index (κ1) is 17.9. The Hall–Kier alpha value is -2.51. The molecule has 0 bridgehead atoms. The van der Waals surface area contributed by atoms with Gasteiger partial charge >= 0.3 is 0 Å². The summed E-state index contributed by atoms with van der Waals surface area (Å²) in [5.41, 5.74) is 6.95. The van der Waals surface area contributed by atoms with Gasteiger partial charge in [-0.05, 0) is 49.3 Å². The molecule has 0 spiro atoms. The molecular weight excluding hydrogens is 358 g/mol. The second kappa shape index (κ2) is 7.62. The van der Waals surface area contributed by atoms with Gasteiger partial charge in [-0.2, -0.15) is 0 Å². The molecule has 3 heterocycles. The topological polar surface area (TPSA) is 77.0 Å². The molecule has 1 aliphatic rings. The number of thiophene rings is 1. The molecule has 2 atom stereocenters. The summed E-state index contributed by atoms with van der Waals surface area (Å²) in [5.74, 6) is 1.15. The van der Waals surface area contributed by atoms with Crippen molar-refractivity contribution in [2.45, 2.75) is 25.8 Å². The van der Waals surface area contributed by atoms with Crippen LogP contribution in [-0.4, -0.2) is 44.7 Å². The van der Waals surface area contributed by atoms with E-state index in [4.69, 9.17) is 5.73 Å². The number of hydrogen-bond donors (Lipinski definition) is 1. The van der Waals surface area contributed by atoms with Crippen molar-refractivity contribution < 1.29 is 4.79 Å². The number of piperidine rings is 1. The summed E-state index contributed by atoms with van der Waals surface area (Å²) in [7, 11) is 0. The zero-order chi connectivity index (χ0) is 18.8. The Morgan fingerprint density at radius 2 is 2.07 bits per heavy atom. The molecule has 1 aliphatic heterocycles. The van der Waals surface area contributed by atoms with Gasteiger partial charge in [0.1, 0.15) is 0 Å². The average molecular weight is 382 g/mol. The van der Waals surface area contributed by atoms with Crippen LogP contribution in [0.3, 0.4) is 0 Å². The molecule has 0 aliphatic carbocycles. The summed E-state index contributed by atoms with van der Waals surface area (Å²) in [6.45, 7) is 3.41. The third-order valence-corrected chi connectivity index (χ3v) is 5.90. The highest BCUT2D eigenvalue weighted by Crippen LogP contribution is 2.26. The predicted octanol–water partition coefficient (Wildman–Crippen LogP) is 3.20. The van der Waals surface area contributed by atoms with E-state index < -0.39 is 0 Å². The van der Waals surface area contributed by atoms with E-state index in [1.54, 1.807) is 16.0 Å². The lowest BCUT2D eigenvalue weighted by atomic mass is 9.92. The highest BCUT2D eigenvalue weighted by Gasteiger charge is 2.29. The van der Waals surface area contributed by atoms with Crippen LogP contribution in [0.25, 0.3) is 16.4 Å². The van der Waals surface area contributed by atoms with Gasteiger partial charge in [-0.1, -0.05) is 24.3 Å². The fourth-order valence-electron chi connectivity index (χ4n) is 3.48. The fraction of sp³-hybridized carbons (Fsp3) is 0.350. The molecule has 0 radical (unpaired) electrons. The van der Waals surface area contributed by atoms with E-state index in [1.165, 1.54) is 0 Å². The summed E-state index contributed by atoms with van der Waals surface area (Å²) in [6, 6.07) is 13.8. The van der Waals surface area contributed by atoms with Gasteiger partial charge in [0.2, 0.25) is 5.82 Å². The second-order valence-electron chi connectivity index (χ2n) is 7.00. The molecule has 1 fully saturated rings. The average Bonchev–Trinajstić information content (AvgIpc) is 3.38. The number of carbonyl (C=O) groups excluding carboxylic acids is 1. The van der Waals surface area contributed by atoms with Crippen molar-refractivity contribution in [3.05, 3.63) is 53.7 Å². The van der Waals surface area contributed by atoms with Gasteiger partial charge in [-0.25, -0.2) is 9.67 Å². The number of rotatable bonds is 4. The number of carbonyl (C=O) groups is 1. The number of para-hydroxylation sites is 1. The largest absolute Gasteiger partial charge is 0.336 e. The van der Waals surface area contributed by atoms with Crippen molar-refractivity contribution in [3.63, 3.8) is 0 Å². The van der Waals surface area contributed by atoms with E-state index in [0.29, 0.717) is 18.3 Å². The van der Waals surface area contributed by atoms with Gasteiger partial charge in [0.15, 0.2) is 5.82 Å². The maximum Gasteiger partial charge on any atom is 0.293 e. The zero-order valence-electron chi connectivity index (χ0n) is 15.3. The molecule has 3 aromatic rings. The van der Waals surface area contributed by atoms with Crippen molar-refractivity contribution in [3.8, 4) is 16.4 Å². The second-order valence-corrected chi connectivity index (χ2v) is 7.94. The van der Waals surface area contributed by atoms with Crippen LogP contribution in [0.15, 0.2) is 47.8 Å². The number of aromatic nitrogens is 3. The Morgan fingerprint density at radius 3 is 2.78 bits per heavy atom. The summed E-state index contributed by atoms with van der Waals surface area (Å²) in [5, 5.41) is 6.57. The normalized spacial score (nSPS) is 18.4. The molecule has 1 amide bonds. The van der Waals surface area contributed by atoms with Crippen molar-refractivity contribution in [1.29, 1.82) is 0 Å². The highest BCUT2D eigenvalue weighted by atomic mass is 32.1. The maximum absolute atomic E-state index is 13.1. The van der Waals surface area contributed by atoms with E-state index >= 15 is 0 Å². The highest BCUT2D eigenvalue weighted by molar-refractivity contribution is 7.13. The van der Waals surface area contributed by atoms with Crippen LogP contribution in [0.4, 0.5) is 0 Å². The Morgan fingerprint density at radius 1 is 1.26 bits per heavy atom. The summed E-state index contributed by atoms with van der Waals surface area (Å²) in [6.07, 6.45) is 2.03. The fourth-order valence-corrected chi connectivity index (χ4v) is 4.18. The van der Waals surface area contributed by atoms with Crippen LogP contribution in [0, 0.1) is 5.92 Å². The lowest BCUT2D eigenvalue weighted by Gasteiger charge is -2.33. The molecule has 140 valence electrons. The SMILES string of the molecule is CC(N)C1CCCN(C(=O)c2nc(-c3cccs3)n(-c3ccccc3)n2)C1. The molecule has 1 aromatic carbocycles. The van der Waals surface area contributed by atoms with Crippen molar-refractivity contribution in [1.82, 2.24) is 19.7 Å². The number of nitrogens with two attached hydrogens (primary N) is 1. The molecule has 4 rings (SSSR count). The minimum absolute atomic E-state index is 0.0807. The minimum Gasteiger partial charge on any atom is -0.336 e. The number of benzene rings is 1. The van der Waals surface area contributed by atoms with Crippen molar-refractivity contribution >= 4 is 17.2 Å². The van der Waals surface area contributed by atoms with E-state index in [9.17, 15) is 4.79 Å². The van der Waals surface area contributed by atoms with Gasteiger partial charge in [-0.3, -0.25) is 4.79 Å². The van der Waals surface area contributed by atoms with Crippen LogP contribution in [-0.2, 0) is 0 Å². The summed E-state index contributed by atoms with van der Waals surface area (Å²) >= 11 is 1.59. The smallest absolute Gasteiger partial charge is 0.293 e. The quantitative estimate of drug-likeness (QED) is 0.753. The van der Waals surface area contributed by atoms with Crippen LogP contribution >= 0.6 is 11.3 Å². The Kier molecular flexibility index (Phi) is 5.05. The van der Waals surface area contributed by atoms with Gasteiger partial charge in [0.25, 0.3) is 5.91 Å². The third kappa shape index (κ3) is 3.65. The molecule has 2 unspecified atom stereocenters. The molecule has 0 saturated carbocycles. The number of likely N-dealkylation sites (tertiary alicyclic amines) is 1. The van der Waals surface area contributed by atoms with Crippen molar-refractivity contribution in [2.75, 3.05) is 13.1 Å². The molecule has 27 heavy (non-hydrogen) atoms. The predicted molar refractivity (Wildman–Crippen MR) is 107 cm³/mol. The summed E-state index contributed by atoms with van der Waals surface area (Å²) < 4.78 is 1.76. The maximum atomic E-state index is 13.1. The Labute approximate surface area is 162 Å². The number of hydrogen-bond acceptors (Lipinski definition) is 5. The van der Waals surface area contributed by atoms with Gasteiger partial charge in [0.05, 0.1) is 10.6 Å². The lowest BCUT2D eigenvalue weighted by Crippen LogP contribution is -2.45. The van der Waals surface area contributed by atoms with Crippen LogP contribution in [0.5, 0.6) is 0 Å². The molecule has 2 N–H and O–H groups in total. The molecular formula is C20H23N5OS. The van der Waals surface area contributed by atoms with Gasteiger partial charge in [-0.15, -0.1) is 16.4 Å². The third-order valence-electron chi connectivity index (χ3n) is 5.03. The lowest BCUT2D eigenvalue weighted by molar-refractivity contribution is 0.0648. The minimum atomic E-state index is -0.118. The molecule has 1 saturated heterocycles. The van der Waals surface area contributed by atoms with E-state index in [0.717, 1.165) is 30.0 Å². The van der Waals surface area contributed by atoms with Crippen LogP contribution in [0.1, 0.15) is 30.4 Å². The van der Waals surface area contributed by atoms with Gasteiger partial charge in [0, 0.05) is 19.1 Å². The Bertz CT molecular complexity index is 904. The molecule has 7 heteroatoms. The number of nitrogens with zero attached hydrogens (tertiary/aromatic N) is 4. The molecule has 6 nitrogen and oxygen atoms in total. The van der Waals surface area contributed by atoms with E-state index in [2.05, 4.69) is 10.1 Å². The van der Waals surface area contributed by atoms with E-state index in [1.807, 2.05) is 59.7 Å². The van der Waals surface area contributed by atoms with Crippen LogP contribution < -0.4 is 5.73 Å². The first-order valence-corrected chi connectivity index (χ1v) is 10.1. The van der Waals surface area contributed by atoms with Crippen LogP contribution in [0.2, 0.25) is 0 Å².